The van der Waals surface area contributed by atoms with Crippen LogP contribution >= 0.6 is 0 Å². The molecule has 2 aromatic heterocycles. The fourth-order valence-electron chi connectivity index (χ4n) is 4.23. The summed E-state index contributed by atoms with van der Waals surface area (Å²) in [4.78, 5) is 21.8. The van der Waals surface area contributed by atoms with Crippen molar-refractivity contribution in [3.63, 3.8) is 0 Å². The molecule has 128 valence electrons. The van der Waals surface area contributed by atoms with Crippen LogP contribution in [0.5, 0.6) is 0 Å². The van der Waals surface area contributed by atoms with E-state index in [4.69, 9.17) is 0 Å². The van der Waals surface area contributed by atoms with Crippen molar-refractivity contribution in [3.8, 4) is 0 Å². The van der Waals surface area contributed by atoms with Crippen LogP contribution in [-0.4, -0.2) is 15.8 Å². The minimum absolute atomic E-state index is 0.0616. The number of fused-ring (bicyclic) bond motifs is 3. The molecule has 3 aromatic rings. The summed E-state index contributed by atoms with van der Waals surface area (Å²) in [5, 5.41) is 4.69. The molecule has 0 spiro atoms. The fraction of sp³-hybridized carbons (Fsp3) is 0.227. The number of Topliss-reactive ketones (excluding diaryl/α,β-unsaturated/α-hetero) is 1. The summed E-state index contributed by atoms with van der Waals surface area (Å²) in [6.07, 6.45) is 6.09. The number of benzene rings is 1. The van der Waals surface area contributed by atoms with Crippen molar-refractivity contribution in [2.75, 3.05) is 5.32 Å². The second-order valence-electron chi connectivity index (χ2n) is 7.06. The molecule has 1 unspecified atom stereocenters. The van der Waals surface area contributed by atoms with E-state index >= 15 is 0 Å². The molecule has 4 nitrogen and oxygen atoms in total. The molecule has 3 heterocycles. The molecule has 1 N–H and O–H groups in total. The number of aromatic nitrogens is 2. The van der Waals surface area contributed by atoms with Crippen LogP contribution in [0, 0.1) is 6.92 Å². The third-order valence-electron chi connectivity index (χ3n) is 5.39. The third kappa shape index (κ3) is 2.25. The van der Waals surface area contributed by atoms with Gasteiger partial charge in [0, 0.05) is 47.1 Å². The summed E-state index contributed by atoms with van der Waals surface area (Å²) >= 11 is 0. The third-order valence-corrected chi connectivity index (χ3v) is 5.39. The number of ketones is 1. The maximum Gasteiger partial charge on any atom is 0.161 e. The van der Waals surface area contributed by atoms with Crippen LogP contribution in [0.25, 0.3) is 10.9 Å². The van der Waals surface area contributed by atoms with Gasteiger partial charge in [-0.3, -0.25) is 14.8 Å². The quantitative estimate of drug-likeness (QED) is 0.708. The standard InChI is InChI=1S/C22H19N3O/c1-13-7-8-15-17(24-13)10-9-16-20(14-4-3-11-23-12-14)21-18(25-22(15)16)5-2-6-19(21)26/h3-4,7-12,20,25H,2,5-6H2,1H3. The fourth-order valence-corrected chi connectivity index (χ4v) is 4.23. The van der Waals surface area contributed by atoms with Gasteiger partial charge in [0.1, 0.15) is 0 Å². The van der Waals surface area contributed by atoms with Crippen LogP contribution in [-0.2, 0) is 4.79 Å². The number of hydrogen-bond donors (Lipinski definition) is 1. The maximum absolute atomic E-state index is 12.8. The van der Waals surface area contributed by atoms with Gasteiger partial charge in [0.2, 0.25) is 0 Å². The van der Waals surface area contributed by atoms with Gasteiger partial charge in [-0.05, 0) is 55.2 Å². The lowest BCUT2D eigenvalue weighted by atomic mass is 9.75. The van der Waals surface area contributed by atoms with E-state index in [2.05, 4.69) is 39.6 Å². The Labute approximate surface area is 152 Å². The van der Waals surface area contributed by atoms with Crippen molar-refractivity contribution in [2.45, 2.75) is 32.1 Å². The zero-order valence-electron chi connectivity index (χ0n) is 14.6. The molecule has 1 aromatic carbocycles. The van der Waals surface area contributed by atoms with E-state index in [1.165, 1.54) is 0 Å². The summed E-state index contributed by atoms with van der Waals surface area (Å²) in [5.74, 6) is 0.189. The predicted molar refractivity (Wildman–Crippen MR) is 102 cm³/mol. The molecule has 5 rings (SSSR count). The van der Waals surface area contributed by atoms with Crippen molar-refractivity contribution in [2.24, 2.45) is 0 Å². The van der Waals surface area contributed by atoms with Crippen molar-refractivity contribution < 1.29 is 4.79 Å². The molecule has 0 amide bonds. The molecule has 0 radical (unpaired) electrons. The van der Waals surface area contributed by atoms with Gasteiger partial charge >= 0.3 is 0 Å². The van der Waals surface area contributed by atoms with Gasteiger partial charge in [0.15, 0.2) is 5.78 Å². The van der Waals surface area contributed by atoms with Gasteiger partial charge in [-0.25, -0.2) is 0 Å². The average Bonchev–Trinajstić information content (AvgIpc) is 2.67. The Hall–Kier alpha value is -3.01. The monoisotopic (exact) mass is 341 g/mol. The minimum atomic E-state index is -0.0616. The van der Waals surface area contributed by atoms with E-state index in [0.717, 1.165) is 57.5 Å². The van der Waals surface area contributed by atoms with Gasteiger partial charge in [0.05, 0.1) is 11.2 Å². The van der Waals surface area contributed by atoms with E-state index in [0.29, 0.717) is 6.42 Å². The first-order chi connectivity index (χ1) is 12.7. The first-order valence-corrected chi connectivity index (χ1v) is 9.06. The molecule has 26 heavy (non-hydrogen) atoms. The average molecular weight is 341 g/mol. The minimum Gasteiger partial charge on any atom is -0.358 e. The highest BCUT2D eigenvalue weighted by Crippen LogP contribution is 2.47. The largest absolute Gasteiger partial charge is 0.358 e. The number of nitrogens with zero attached hydrogens (tertiary/aromatic N) is 2. The summed E-state index contributed by atoms with van der Waals surface area (Å²) in [6, 6.07) is 12.3. The normalized spacial score (nSPS) is 19.1. The van der Waals surface area contributed by atoms with E-state index in [1.807, 2.05) is 25.3 Å². The van der Waals surface area contributed by atoms with Crippen LogP contribution in [0.4, 0.5) is 5.69 Å². The number of allylic oxidation sites excluding steroid dienone is 2. The van der Waals surface area contributed by atoms with Crippen molar-refractivity contribution in [1.29, 1.82) is 0 Å². The first kappa shape index (κ1) is 15.3. The van der Waals surface area contributed by atoms with Crippen LogP contribution in [0.3, 0.4) is 0 Å². The summed E-state index contributed by atoms with van der Waals surface area (Å²) in [6.45, 7) is 2.01. The Morgan fingerprint density at radius 3 is 2.88 bits per heavy atom. The molecule has 1 atom stereocenters. The Bertz CT molecular complexity index is 1070. The van der Waals surface area contributed by atoms with Crippen LogP contribution in [0.1, 0.15) is 42.0 Å². The Morgan fingerprint density at radius 2 is 2.04 bits per heavy atom. The molecule has 0 saturated carbocycles. The number of hydrogen-bond acceptors (Lipinski definition) is 4. The number of carbonyl (C=O) groups excluding carboxylic acids is 1. The lowest BCUT2D eigenvalue weighted by Crippen LogP contribution is -2.27. The highest BCUT2D eigenvalue weighted by Gasteiger charge is 2.35. The zero-order chi connectivity index (χ0) is 17.7. The summed E-state index contributed by atoms with van der Waals surface area (Å²) < 4.78 is 0. The number of aryl methyl sites for hydroxylation is 1. The second kappa shape index (κ2) is 5.77. The van der Waals surface area contributed by atoms with Crippen LogP contribution in [0.15, 0.2) is 60.1 Å². The van der Waals surface area contributed by atoms with Gasteiger partial charge < -0.3 is 5.32 Å². The van der Waals surface area contributed by atoms with E-state index in [-0.39, 0.29) is 11.7 Å². The molecular weight excluding hydrogens is 322 g/mol. The molecule has 4 heteroatoms. The van der Waals surface area contributed by atoms with Crippen LogP contribution in [0.2, 0.25) is 0 Å². The molecule has 1 aliphatic carbocycles. The van der Waals surface area contributed by atoms with Crippen molar-refractivity contribution in [1.82, 2.24) is 9.97 Å². The van der Waals surface area contributed by atoms with Gasteiger partial charge in [-0.15, -0.1) is 0 Å². The molecule has 0 fully saturated rings. The smallest absolute Gasteiger partial charge is 0.161 e. The SMILES string of the molecule is Cc1ccc2c3c(ccc2n1)C(c1cccnc1)C1=C(CCCC1=O)N3. The van der Waals surface area contributed by atoms with E-state index < -0.39 is 0 Å². The number of rotatable bonds is 1. The molecule has 2 aliphatic rings. The summed E-state index contributed by atoms with van der Waals surface area (Å²) in [7, 11) is 0. The topological polar surface area (TPSA) is 54.9 Å². The molecule has 0 saturated heterocycles. The van der Waals surface area contributed by atoms with Gasteiger partial charge in [-0.1, -0.05) is 12.1 Å². The van der Waals surface area contributed by atoms with Crippen molar-refractivity contribution >= 4 is 22.4 Å². The number of nitrogens with one attached hydrogen (secondary N) is 1. The van der Waals surface area contributed by atoms with Gasteiger partial charge in [0.25, 0.3) is 0 Å². The lowest BCUT2D eigenvalue weighted by Gasteiger charge is -2.34. The number of pyridine rings is 2. The predicted octanol–water partition coefficient (Wildman–Crippen LogP) is 4.50. The van der Waals surface area contributed by atoms with Crippen molar-refractivity contribution in [3.05, 3.63) is 76.9 Å². The van der Waals surface area contributed by atoms with Crippen LogP contribution < -0.4 is 5.32 Å². The van der Waals surface area contributed by atoms with E-state index in [9.17, 15) is 4.79 Å². The Morgan fingerprint density at radius 1 is 1.12 bits per heavy atom. The molecule has 1 aliphatic heterocycles. The maximum atomic E-state index is 12.8. The highest BCUT2D eigenvalue weighted by atomic mass is 16.1. The Kier molecular flexibility index (Phi) is 3.38. The summed E-state index contributed by atoms with van der Waals surface area (Å²) in [5.41, 5.74) is 7.24. The molecule has 0 bridgehead atoms. The lowest BCUT2D eigenvalue weighted by molar-refractivity contribution is -0.116. The zero-order valence-corrected chi connectivity index (χ0v) is 14.6. The number of carbonyl (C=O) groups is 1. The second-order valence-corrected chi connectivity index (χ2v) is 7.06. The Balaban J connectivity index is 1.80. The van der Waals surface area contributed by atoms with E-state index in [1.54, 1.807) is 6.20 Å². The van der Waals surface area contributed by atoms with Gasteiger partial charge in [-0.2, -0.15) is 0 Å². The first-order valence-electron chi connectivity index (χ1n) is 9.06. The number of anilines is 1. The highest BCUT2D eigenvalue weighted by molar-refractivity contribution is 6.04. The molecular formula is C22H19N3O.